The van der Waals surface area contributed by atoms with Gasteiger partial charge in [0.1, 0.15) is 9.84 Å². The molecule has 0 spiro atoms. The Morgan fingerprint density at radius 3 is 2.11 bits per heavy atom. The van der Waals surface area contributed by atoms with E-state index >= 15 is 0 Å². The second-order valence-corrected chi connectivity index (χ2v) is 6.78. The maximum atomic E-state index is 11.6. The summed E-state index contributed by atoms with van der Waals surface area (Å²) in [5.74, 6) is 0.362. The number of carbonyl (C=O) groups excluding carboxylic acids is 1. The van der Waals surface area contributed by atoms with E-state index in [9.17, 15) is 13.2 Å². The molecule has 0 bridgehead atoms. The molecule has 0 N–H and O–H groups in total. The van der Waals surface area contributed by atoms with E-state index in [2.05, 4.69) is 6.92 Å². The number of carbonyl (C=O) groups is 1. The van der Waals surface area contributed by atoms with Gasteiger partial charge in [-0.3, -0.25) is 4.79 Å². The Hall–Kier alpha value is -0.580. The zero-order valence-electron chi connectivity index (χ0n) is 11.6. The van der Waals surface area contributed by atoms with Crippen LogP contribution in [0.4, 0.5) is 0 Å². The van der Waals surface area contributed by atoms with Crippen molar-refractivity contribution in [2.24, 2.45) is 0 Å². The monoisotopic (exact) mass is 278 g/mol. The van der Waals surface area contributed by atoms with Gasteiger partial charge in [-0.05, 0) is 26.2 Å². The normalized spacial score (nSPS) is 11.4. The molecule has 0 fully saturated rings. The molecular weight excluding hydrogens is 252 g/mol. The number of hydrogen-bond donors (Lipinski definition) is 0. The van der Waals surface area contributed by atoms with Crippen molar-refractivity contribution in [3.63, 3.8) is 0 Å². The smallest absolute Gasteiger partial charge is 0.305 e. The van der Waals surface area contributed by atoms with Gasteiger partial charge >= 0.3 is 5.97 Å². The van der Waals surface area contributed by atoms with Crippen LogP contribution >= 0.6 is 0 Å². The SMILES string of the molecule is CCCCCS(=O)(=O)CCCCCC(=O)OCC. The predicted octanol–water partition coefficient (Wildman–Crippen LogP) is 2.71. The van der Waals surface area contributed by atoms with Crippen molar-refractivity contribution in [1.29, 1.82) is 0 Å². The molecule has 0 saturated carbocycles. The van der Waals surface area contributed by atoms with Gasteiger partial charge in [0.15, 0.2) is 0 Å². The Morgan fingerprint density at radius 2 is 1.56 bits per heavy atom. The summed E-state index contributed by atoms with van der Waals surface area (Å²) < 4.78 is 28.0. The van der Waals surface area contributed by atoms with Crippen LogP contribution in [0.5, 0.6) is 0 Å². The summed E-state index contributed by atoms with van der Waals surface area (Å²) in [4.78, 5) is 11.0. The summed E-state index contributed by atoms with van der Waals surface area (Å²) in [6.07, 6.45) is 5.30. The van der Waals surface area contributed by atoms with Crippen molar-refractivity contribution in [2.75, 3.05) is 18.1 Å². The van der Waals surface area contributed by atoms with E-state index in [4.69, 9.17) is 4.74 Å². The quantitative estimate of drug-likeness (QED) is 0.430. The molecule has 0 aromatic rings. The molecule has 0 aromatic carbocycles. The highest BCUT2D eigenvalue weighted by Crippen LogP contribution is 2.06. The zero-order valence-corrected chi connectivity index (χ0v) is 12.4. The van der Waals surface area contributed by atoms with Crippen molar-refractivity contribution in [3.8, 4) is 0 Å². The zero-order chi connectivity index (χ0) is 13.9. The molecule has 0 aliphatic heterocycles. The lowest BCUT2D eigenvalue weighted by Crippen LogP contribution is -2.11. The fraction of sp³-hybridized carbons (Fsp3) is 0.923. The predicted molar refractivity (Wildman–Crippen MR) is 73.3 cm³/mol. The number of unbranched alkanes of at least 4 members (excludes halogenated alkanes) is 4. The average Bonchev–Trinajstić information content (AvgIpc) is 2.29. The number of hydrogen-bond acceptors (Lipinski definition) is 4. The Labute approximate surface area is 111 Å². The van der Waals surface area contributed by atoms with Crippen LogP contribution in [0.3, 0.4) is 0 Å². The van der Waals surface area contributed by atoms with Crippen LogP contribution in [-0.2, 0) is 19.4 Å². The number of esters is 1. The van der Waals surface area contributed by atoms with Gasteiger partial charge in [0.05, 0.1) is 18.1 Å². The van der Waals surface area contributed by atoms with Crippen molar-refractivity contribution in [2.45, 2.75) is 58.8 Å². The van der Waals surface area contributed by atoms with Crippen LogP contribution in [0, 0.1) is 0 Å². The highest BCUT2D eigenvalue weighted by Gasteiger charge is 2.10. The molecule has 4 nitrogen and oxygen atoms in total. The second kappa shape index (κ2) is 10.4. The Bertz CT molecular complexity index is 309. The first-order valence-corrected chi connectivity index (χ1v) is 8.70. The van der Waals surface area contributed by atoms with Gasteiger partial charge < -0.3 is 4.74 Å². The first kappa shape index (κ1) is 17.4. The van der Waals surface area contributed by atoms with Crippen molar-refractivity contribution in [1.82, 2.24) is 0 Å². The van der Waals surface area contributed by atoms with Gasteiger partial charge in [-0.1, -0.05) is 26.2 Å². The standard InChI is InChI=1S/C13H26O4S/c1-3-5-8-11-18(15,16)12-9-6-7-10-13(14)17-4-2/h3-12H2,1-2H3. The Morgan fingerprint density at radius 1 is 0.944 bits per heavy atom. The van der Waals surface area contributed by atoms with Crippen LogP contribution < -0.4 is 0 Å². The lowest BCUT2D eigenvalue weighted by atomic mass is 10.2. The molecule has 0 aliphatic carbocycles. The van der Waals surface area contributed by atoms with Crippen molar-refractivity contribution < 1.29 is 17.9 Å². The van der Waals surface area contributed by atoms with E-state index in [-0.39, 0.29) is 11.7 Å². The maximum absolute atomic E-state index is 11.6. The molecule has 0 rings (SSSR count). The molecule has 0 aromatic heterocycles. The Balaban J connectivity index is 3.55. The summed E-state index contributed by atoms with van der Waals surface area (Å²) in [5.41, 5.74) is 0. The second-order valence-electron chi connectivity index (χ2n) is 4.47. The molecule has 108 valence electrons. The van der Waals surface area contributed by atoms with E-state index in [1.807, 2.05) is 0 Å². The molecule has 0 radical (unpaired) electrons. The molecule has 0 saturated heterocycles. The molecule has 0 aliphatic rings. The summed E-state index contributed by atoms with van der Waals surface area (Å²) in [6, 6.07) is 0. The van der Waals surface area contributed by atoms with Gasteiger partial charge in [-0.15, -0.1) is 0 Å². The fourth-order valence-corrected chi connectivity index (χ4v) is 3.17. The third-order valence-electron chi connectivity index (χ3n) is 2.70. The van der Waals surface area contributed by atoms with E-state index in [0.717, 1.165) is 25.7 Å². The van der Waals surface area contributed by atoms with Gasteiger partial charge in [-0.2, -0.15) is 0 Å². The summed E-state index contributed by atoms with van der Waals surface area (Å²) >= 11 is 0. The molecule has 0 atom stereocenters. The molecule has 0 unspecified atom stereocenters. The van der Waals surface area contributed by atoms with Crippen LogP contribution in [0.25, 0.3) is 0 Å². The van der Waals surface area contributed by atoms with E-state index in [1.165, 1.54) is 0 Å². The number of ether oxygens (including phenoxy) is 1. The van der Waals surface area contributed by atoms with E-state index < -0.39 is 9.84 Å². The average molecular weight is 278 g/mol. The van der Waals surface area contributed by atoms with Crippen LogP contribution in [0.1, 0.15) is 58.8 Å². The summed E-state index contributed by atoms with van der Waals surface area (Å²) in [6.45, 7) is 4.24. The molecule has 5 heteroatoms. The summed E-state index contributed by atoms with van der Waals surface area (Å²) in [7, 11) is -2.88. The highest BCUT2D eigenvalue weighted by molar-refractivity contribution is 7.91. The maximum Gasteiger partial charge on any atom is 0.305 e. The van der Waals surface area contributed by atoms with Crippen molar-refractivity contribution >= 4 is 15.8 Å². The molecule has 0 heterocycles. The third kappa shape index (κ3) is 10.6. The molecule has 0 amide bonds. The van der Waals surface area contributed by atoms with E-state index in [0.29, 0.717) is 31.6 Å². The topological polar surface area (TPSA) is 60.4 Å². The van der Waals surface area contributed by atoms with Crippen LogP contribution in [-0.4, -0.2) is 32.5 Å². The van der Waals surface area contributed by atoms with Crippen LogP contribution in [0.2, 0.25) is 0 Å². The third-order valence-corrected chi connectivity index (χ3v) is 4.52. The minimum atomic E-state index is -2.88. The van der Waals surface area contributed by atoms with Crippen molar-refractivity contribution in [3.05, 3.63) is 0 Å². The minimum Gasteiger partial charge on any atom is -0.466 e. The Kier molecular flexibility index (Phi) is 10.0. The lowest BCUT2D eigenvalue weighted by molar-refractivity contribution is -0.143. The first-order chi connectivity index (χ1) is 8.52. The number of sulfone groups is 1. The minimum absolute atomic E-state index is 0.191. The van der Waals surface area contributed by atoms with Gasteiger partial charge in [0.25, 0.3) is 0 Å². The number of rotatable bonds is 11. The van der Waals surface area contributed by atoms with Gasteiger partial charge in [0.2, 0.25) is 0 Å². The first-order valence-electron chi connectivity index (χ1n) is 6.88. The highest BCUT2D eigenvalue weighted by atomic mass is 32.2. The fourth-order valence-electron chi connectivity index (χ4n) is 1.68. The molecule has 18 heavy (non-hydrogen) atoms. The van der Waals surface area contributed by atoms with E-state index in [1.54, 1.807) is 6.92 Å². The van der Waals surface area contributed by atoms with Crippen LogP contribution in [0.15, 0.2) is 0 Å². The van der Waals surface area contributed by atoms with Gasteiger partial charge in [0, 0.05) is 6.42 Å². The largest absolute Gasteiger partial charge is 0.466 e. The van der Waals surface area contributed by atoms with Gasteiger partial charge in [-0.25, -0.2) is 8.42 Å². The lowest BCUT2D eigenvalue weighted by Gasteiger charge is -2.04. The summed E-state index contributed by atoms with van der Waals surface area (Å²) in [5, 5.41) is 0. The molecular formula is C13H26O4S.